The Labute approximate surface area is 150 Å². The second-order valence-electron chi connectivity index (χ2n) is 7.93. The third-order valence-electron chi connectivity index (χ3n) is 5.88. The van der Waals surface area contributed by atoms with E-state index in [0.717, 1.165) is 32.4 Å². The van der Waals surface area contributed by atoms with Crippen LogP contribution in [0, 0.1) is 11.8 Å². The molecule has 1 aliphatic heterocycles. The summed E-state index contributed by atoms with van der Waals surface area (Å²) in [5.74, 6) is 1.24. The van der Waals surface area contributed by atoms with Crippen LogP contribution in [0.4, 0.5) is 0 Å². The Bertz CT molecular complexity index is 767. The molecular formula is C22H28N2O. The maximum absolute atomic E-state index is 12.3. The molecule has 1 heterocycles. The molecule has 3 unspecified atom stereocenters. The van der Waals surface area contributed by atoms with Crippen LogP contribution in [0.25, 0.3) is 10.8 Å². The first-order valence-electron chi connectivity index (χ1n) is 9.65. The molecule has 1 saturated carbocycles. The number of carbonyl (C=O) groups excluding carboxylic acids is 1. The molecule has 1 saturated heterocycles. The van der Waals surface area contributed by atoms with Crippen molar-refractivity contribution in [2.24, 2.45) is 11.8 Å². The van der Waals surface area contributed by atoms with Crippen LogP contribution < -0.4 is 5.32 Å². The molecule has 2 aromatic rings. The van der Waals surface area contributed by atoms with Crippen molar-refractivity contribution in [3.8, 4) is 0 Å². The standard InChI is InChI=1S/C22H28N2O/c1-15-14-24(22(25)18-8-9-18)12-11-21(15)23-16(2)19-10-7-17-5-3-4-6-20(17)13-19/h3-7,10,13,15-16,18,21,23H,8-9,11-12,14H2,1-2H3. The highest BCUT2D eigenvalue weighted by molar-refractivity contribution is 5.83. The SMILES string of the molecule is CC(NC1CCN(C(=O)C2CC2)CC1C)c1ccc2ccccc2c1. The Morgan fingerprint density at radius 1 is 1.12 bits per heavy atom. The molecule has 2 fully saturated rings. The summed E-state index contributed by atoms with van der Waals surface area (Å²) in [6.45, 7) is 6.33. The summed E-state index contributed by atoms with van der Waals surface area (Å²) in [6.07, 6.45) is 3.26. The third kappa shape index (κ3) is 3.57. The van der Waals surface area contributed by atoms with Crippen LogP contribution in [0.1, 0.15) is 44.7 Å². The maximum atomic E-state index is 12.3. The Kier molecular flexibility index (Phi) is 4.51. The summed E-state index contributed by atoms with van der Waals surface area (Å²) in [4.78, 5) is 14.4. The Morgan fingerprint density at radius 2 is 1.88 bits per heavy atom. The quantitative estimate of drug-likeness (QED) is 0.910. The van der Waals surface area contributed by atoms with Crippen LogP contribution in [0.2, 0.25) is 0 Å². The third-order valence-corrected chi connectivity index (χ3v) is 5.88. The Morgan fingerprint density at radius 3 is 2.60 bits per heavy atom. The molecule has 1 N–H and O–H groups in total. The lowest BCUT2D eigenvalue weighted by Gasteiger charge is -2.39. The van der Waals surface area contributed by atoms with E-state index in [2.05, 4.69) is 66.5 Å². The summed E-state index contributed by atoms with van der Waals surface area (Å²) in [5, 5.41) is 6.40. The van der Waals surface area contributed by atoms with Gasteiger partial charge in [-0.15, -0.1) is 0 Å². The number of amides is 1. The van der Waals surface area contributed by atoms with E-state index >= 15 is 0 Å². The van der Waals surface area contributed by atoms with Crippen LogP contribution in [0.3, 0.4) is 0 Å². The van der Waals surface area contributed by atoms with Crippen molar-refractivity contribution in [2.75, 3.05) is 13.1 Å². The summed E-state index contributed by atoms with van der Waals surface area (Å²) < 4.78 is 0. The smallest absolute Gasteiger partial charge is 0.225 e. The molecule has 0 bridgehead atoms. The van der Waals surface area contributed by atoms with Crippen molar-refractivity contribution >= 4 is 16.7 Å². The molecule has 0 radical (unpaired) electrons. The molecule has 2 aromatic carbocycles. The van der Waals surface area contributed by atoms with Crippen LogP contribution in [-0.2, 0) is 4.79 Å². The number of hydrogen-bond acceptors (Lipinski definition) is 2. The van der Waals surface area contributed by atoms with Crippen LogP contribution >= 0.6 is 0 Å². The molecule has 3 nitrogen and oxygen atoms in total. The fourth-order valence-corrected chi connectivity index (χ4v) is 4.08. The first kappa shape index (κ1) is 16.6. The first-order chi connectivity index (χ1) is 12.1. The van der Waals surface area contributed by atoms with Crippen molar-refractivity contribution in [2.45, 2.75) is 45.2 Å². The zero-order valence-corrected chi connectivity index (χ0v) is 15.2. The van der Waals surface area contributed by atoms with Gasteiger partial charge in [0.2, 0.25) is 5.91 Å². The zero-order valence-electron chi connectivity index (χ0n) is 15.2. The number of hydrogen-bond donors (Lipinski definition) is 1. The van der Waals surface area contributed by atoms with Gasteiger partial charge < -0.3 is 10.2 Å². The van der Waals surface area contributed by atoms with Gasteiger partial charge in [-0.1, -0.05) is 43.3 Å². The highest BCUT2D eigenvalue weighted by atomic mass is 16.2. The normalized spacial score (nSPS) is 25.1. The first-order valence-corrected chi connectivity index (χ1v) is 9.65. The molecule has 4 rings (SSSR count). The van der Waals surface area contributed by atoms with Crippen molar-refractivity contribution in [1.82, 2.24) is 10.2 Å². The fraction of sp³-hybridized carbons (Fsp3) is 0.500. The minimum absolute atomic E-state index is 0.322. The van der Waals surface area contributed by atoms with Gasteiger partial charge >= 0.3 is 0 Å². The zero-order chi connectivity index (χ0) is 17.4. The van der Waals surface area contributed by atoms with Crippen molar-refractivity contribution in [1.29, 1.82) is 0 Å². The largest absolute Gasteiger partial charge is 0.342 e. The molecule has 0 aromatic heterocycles. The molecule has 1 aliphatic carbocycles. The minimum atomic E-state index is 0.322. The lowest BCUT2D eigenvalue weighted by atomic mass is 9.92. The van der Waals surface area contributed by atoms with Gasteiger partial charge in [-0.3, -0.25) is 4.79 Å². The lowest BCUT2D eigenvalue weighted by molar-refractivity contribution is -0.134. The number of likely N-dealkylation sites (tertiary alicyclic amines) is 1. The fourth-order valence-electron chi connectivity index (χ4n) is 4.08. The monoisotopic (exact) mass is 336 g/mol. The number of rotatable bonds is 4. The summed E-state index contributed by atoms with van der Waals surface area (Å²) in [7, 11) is 0. The van der Waals surface area contributed by atoms with E-state index in [1.54, 1.807) is 0 Å². The van der Waals surface area contributed by atoms with Crippen LogP contribution in [0.15, 0.2) is 42.5 Å². The van der Waals surface area contributed by atoms with E-state index in [1.807, 2.05) is 0 Å². The number of nitrogens with zero attached hydrogens (tertiary/aromatic N) is 1. The molecule has 3 atom stereocenters. The van der Waals surface area contributed by atoms with E-state index in [4.69, 9.17) is 0 Å². The number of piperidine rings is 1. The van der Waals surface area contributed by atoms with Gasteiger partial charge in [0.25, 0.3) is 0 Å². The minimum Gasteiger partial charge on any atom is -0.342 e. The van der Waals surface area contributed by atoms with Gasteiger partial charge in [-0.25, -0.2) is 0 Å². The van der Waals surface area contributed by atoms with E-state index in [1.165, 1.54) is 16.3 Å². The molecule has 25 heavy (non-hydrogen) atoms. The number of fused-ring (bicyclic) bond motifs is 1. The second-order valence-corrected chi connectivity index (χ2v) is 7.93. The average Bonchev–Trinajstić information content (AvgIpc) is 3.47. The van der Waals surface area contributed by atoms with Crippen molar-refractivity contribution in [3.63, 3.8) is 0 Å². The van der Waals surface area contributed by atoms with Gasteiger partial charge in [0.05, 0.1) is 0 Å². The number of carbonyl (C=O) groups is 1. The van der Waals surface area contributed by atoms with Crippen LogP contribution in [0.5, 0.6) is 0 Å². The van der Waals surface area contributed by atoms with Gasteiger partial charge in [0.15, 0.2) is 0 Å². The summed E-state index contributed by atoms with van der Waals surface area (Å²) >= 11 is 0. The predicted molar refractivity (Wildman–Crippen MR) is 102 cm³/mol. The lowest BCUT2D eigenvalue weighted by Crippen LogP contribution is -2.50. The van der Waals surface area contributed by atoms with Gasteiger partial charge in [0.1, 0.15) is 0 Å². The van der Waals surface area contributed by atoms with Crippen molar-refractivity contribution in [3.05, 3.63) is 48.0 Å². The molecule has 0 spiro atoms. The Balaban J connectivity index is 1.39. The molecular weight excluding hydrogens is 308 g/mol. The summed E-state index contributed by atoms with van der Waals surface area (Å²) in [6, 6.07) is 16.1. The summed E-state index contributed by atoms with van der Waals surface area (Å²) in [5.41, 5.74) is 1.34. The molecule has 132 valence electrons. The number of benzene rings is 2. The molecule has 1 amide bonds. The van der Waals surface area contributed by atoms with E-state index < -0.39 is 0 Å². The maximum Gasteiger partial charge on any atom is 0.225 e. The number of nitrogens with one attached hydrogen (secondary N) is 1. The van der Waals surface area contributed by atoms with Crippen LogP contribution in [-0.4, -0.2) is 29.9 Å². The molecule has 2 aliphatic rings. The van der Waals surface area contributed by atoms with Gasteiger partial charge in [-0.2, -0.15) is 0 Å². The van der Waals surface area contributed by atoms with E-state index in [-0.39, 0.29) is 0 Å². The average molecular weight is 336 g/mol. The second kappa shape index (κ2) is 6.80. The predicted octanol–water partition coefficient (Wildman–Crippen LogP) is 4.14. The topological polar surface area (TPSA) is 32.3 Å². The highest BCUT2D eigenvalue weighted by Crippen LogP contribution is 2.33. The van der Waals surface area contributed by atoms with Gasteiger partial charge in [-0.05, 0) is 54.5 Å². The van der Waals surface area contributed by atoms with Gasteiger partial charge in [0, 0.05) is 31.1 Å². The van der Waals surface area contributed by atoms with E-state index in [9.17, 15) is 4.79 Å². The van der Waals surface area contributed by atoms with E-state index in [0.29, 0.717) is 29.8 Å². The highest BCUT2D eigenvalue weighted by Gasteiger charge is 2.37. The Hall–Kier alpha value is -1.87. The molecule has 3 heteroatoms. The van der Waals surface area contributed by atoms with Crippen molar-refractivity contribution < 1.29 is 4.79 Å².